The lowest BCUT2D eigenvalue weighted by Crippen LogP contribution is -2.27. The van der Waals surface area contributed by atoms with Crippen molar-refractivity contribution in [2.24, 2.45) is 4.99 Å². The van der Waals surface area contributed by atoms with Gasteiger partial charge in [-0.25, -0.2) is 10.1 Å². The van der Waals surface area contributed by atoms with Crippen molar-refractivity contribution in [3.8, 4) is 0 Å². The van der Waals surface area contributed by atoms with Crippen molar-refractivity contribution in [3.63, 3.8) is 0 Å². The summed E-state index contributed by atoms with van der Waals surface area (Å²) in [5.74, 6) is 0. The summed E-state index contributed by atoms with van der Waals surface area (Å²) in [6.45, 7) is 0.239. The monoisotopic (exact) mass is 178 g/mol. The standard InChI is InChI=1S/C4H6N2O4S/c7-11(8,9)10-6-3-1-2-5-4-6/h1-2,4H,3H2,(H,7,8,9). The van der Waals surface area contributed by atoms with Gasteiger partial charge >= 0.3 is 10.4 Å². The molecule has 1 heterocycles. The topological polar surface area (TPSA) is 79.2 Å². The average Bonchev–Trinajstić information content (AvgIpc) is 1.85. The molecule has 1 N–H and O–H groups in total. The molecule has 11 heavy (non-hydrogen) atoms. The number of hydrogen-bond donors (Lipinski definition) is 1. The second kappa shape index (κ2) is 2.99. The maximum Gasteiger partial charge on any atom is 0.418 e. The van der Waals surface area contributed by atoms with E-state index in [9.17, 15) is 8.42 Å². The summed E-state index contributed by atoms with van der Waals surface area (Å²) < 4.78 is 32.4. The number of hydroxylamine groups is 2. The van der Waals surface area contributed by atoms with Crippen LogP contribution in [0.15, 0.2) is 17.3 Å². The second-order valence-corrected chi connectivity index (χ2v) is 2.76. The van der Waals surface area contributed by atoms with Gasteiger partial charge in [-0.05, 0) is 6.08 Å². The summed E-state index contributed by atoms with van der Waals surface area (Å²) in [6, 6.07) is 0. The van der Waals surface area contributed by atoms with E-state index in [1.54, 1.807) is 6.08 Å². The van der Waals surface area contributed by atoms with E-state index in [1.165, 1.54) is 6.20 Å². The largest absolute Gasteiger partial charge is 0.418 e. The Balaban J connectivity index is 2.52. The molecule has 0 aromatic rings. The van der Waals surface area contributed by atoms with E-state index >= 15 is 0 Å². The molecule has 6 nitrogen and oxygen atoms in total. The van der Waals surface area contributed by atoms with E-state index in [0.717, 1.165) is 11.4 Å². The van der Waals surface area contributed by atoms with Crippen molar-refractivity contribution in [2.45, 2.75) is 0 Å². The molecule has 0 fully saturated rings. The molecule has 0 aromatic carbocycles. The Labute approximate surface area is 63.7 Å². The molecule has 1 rings (SSSR count). The molecule has 0 amide bonds. The maximum atomic E-state index is 10.1. The average molecular weight is 178 g/mol. The van der Waals surface area contributed by atoms with E-state index < -0.39 is 10.4 Å². The highest BCUT2D eigenvalue weighted by Gasteiger charge is 2.10. The fourth-order valence-corrected chi connectivity index (χ4v) is 0.884. The minimum absolute atomic E-state index is 0.239. The van der Waals surface area contributed by atoms with Crippen LogP contribution in [-0.4, -0.2) is 30.9 Å². The Hall–Kier alpha value is -0.920. The molecule has 62 valence electrons. The Morgan fingerprint density at radius 3 is 2.82 bits per heavy atom. The minimum Gasteiger partial charge on any atom is -0.262 e. The fourth-order valence-electron chi connectivity index (χ4n) is 0.543. The summed E-state index contributed by atoms with van der Waals surface area (Å²) in [7, 11) is -4.42. The lowest BCUT2D eigenvalue weighted by atomic mass is 10.6. The summed E-state index contributed by atoms with van der Waals surface area (Å²) in [5, 5.41) is 0.884. The first kappa shape index (κ1) is 8.18. The van der Waals surface area contributed by atoms with E-state index in [4.69, 9.17) is 4.55 Å². The van der Waals surface area contributed by atoms with E-state index in [0.29, 0.717) is 0 Å². The Morgan fingerprint density at radius 2 is 2.36 bits per heavy atom. The molecule has 0 unspecified atom stereocenters. The third-order valence-electron chi connectivity index (χ3n) is 0.862. The number of aliphatic imine (C=N–C) groups is 1. The van der Waals surface area contributed by atoms with Crippen LogP contribution in [0.5, 0.6) is 0 Å². The van der Waals surface area contributed by atoms with Crippen LogP contribution in [0, 0.1) is 0 Å². The van der Waals surface area contributed by atoms with E-state index in [2.05, 4.69) is 9.28 Å². The van der Waals surface area contributed by atoms with Crippen LogP contribution < -0.4 is 0 Å². The molecule has 7 heteroatoms. The van der Waals surface area contributed by atoms with Gasteiger partial charge in [-0.3, -0.25) is 4.55 Å². The van der Waals surface area contributed by atoms with Crippen molar-refractivity contribution in [3.05, 3.63) is 12.3 Å². The minimum atomic E-state index is -4.42. The van der Waals surface area contributed by atoms with Gasteiger partial charge in [0.1, 0.15) is 6.34 Å². The Bertz CT molecular complexity index is 280. The van der Waals surface area contributed by atoms with Gasteiger partial charge in [-0.2, -0.15) is 8.42 Å². The maximum absolute atomic E-state index is 10.1. The van der Waals surface area contributed by atoms with Crippen LogP contribution in [-0.2, 0) is 14.7 Å². The zero-order valence-corrected chi connectivity index (χ0v) is 6.23. The van der Waals surface area contributed by atoms with Crippen molar-refractivity contribution < 1.29 is 17.3 Å². The van der Waals surface area contributed by atoms with Crippen molar-refractivity contribution >= 4 is 16.7 Å². The van der Waals surface area contributed by atoms with Crippen LogP contribution in [0.2, 0.25) is 0 Å². The molecule has 0 saturated heterocycles. The normalized spacial score (nSPS) is 17.4. The van der Waals surface area contributed by atoms with Gasteiger partial charge in [0.15, 0.2) is 0 Å². The number of rotatable bonds is 2. The highest BCUT2D eigenvalue weighted by Crippen LogP contribution is 1.97. The zero-order valence-electron chi connectivity index (χ0n) is 5.41. The van der Waals surface area contributed by atoms with Gasteiger partial charge in [0, 0.05) is 6.20 Å². The SMILES string of the molecule is O=S(=O)(O)ON1C=NC=CC1. The predicted molar refractivity (Wildman–Crippen MR) is 37.0 cm³/mol. The molecule has 0 radical (unpaired) electrons. The third-order valence-corrected chi connectivity index (χ3v) is 1.24. The first-order valence-electron chi connectivity index (χ1n) is 2.70. The van der Waals surface area contributed by atoms with Crippen molar-refractivity contribution in [1.82, 2.24) is 5.06 Å². The van der Waals surface area contributed by atoms with Crippen molar-refractivity contribution in [1.29, 1.82) is 0 Å². The number of nitrogens with zero attached hydrogens (tertiary/aromatic N) is 2. The van der Waals surface area contributed by atoms with E-state index in [-0.39, 0.29) is 6.54 Å². The first-order valence-corrected chi connectivity index (χ1v) is 4.06. The Kier molecular flexibility index (Phi) is 2.22. The van der Waals surface area contributed by atoms with E-state index in [1.807, 2.05) is 0 Å². The molecule has 1 aliphatic heterocycles. The van der Waals surface area contributed by atoms with Crippen LogP contribution >= 0.6 is 0 Å². The molecule has 0 atom stereocenters. The van der Waals surface area contributed by atoms with Gasteiger partial charge in [0.25, 0.3) is 0 Å². The van der Waals surface area contributed by atoms with Gasteiger partial charge in [0.05, 0.1) is 6.54 Å². The van der Waals surface area contributed by atoms with Crippen LogP contribution in [0.1, 0.15) is 0 Å². The first-order chi connectivity index (χ1) is 5.08. The second-order valence-electron chi connectivity index (χ2n) is 1.75. The molecule has 1 aliphatic rings. The van der Waals surface area contributed by atoms with Gasteiger partial charge in [-0.15, -0.1) is 4.28 Å². The molecule has 0 bridgehead atoms. The Morgan fingerprint density at radius 1 is 1.64 bits per heavy atom. The molecule has 0 aliphatic carbocycles. The highest BCUT2D eigenvalue weighted by atomic mass is 32.3. The predicted octanol–water partition coefficient (Wildman–Crippen LogP) is -0.422. The smallest absolute Gasteiger partial charge is 0.262 e. The molecular formula is C4H6N2O4S. The highest BCUT2D eigenvalue weighted by molar-refractivity contribution is 7.80. The van der Waals surface area contributed by atoms with Crippen LogP contribution in [0.4, 0.5) is 0 Å². The molecule has 0 saturated carbocycles. The lowest BCUT2D eigenvalue weighted by Gasteiger charge is -2.14. The zero-order chi connectivity index (χ0) is 8.32. The van der Waals surface area contributed by atoms with Crippen molar-refractivity contribution in [2.75, 3.05) is 6.54 Å². The quantitative estimate of drug-likeness (QED) is 0.581. The summed E-state index contributed by atoms with van der Waals surface area (Å²) >= 11 is 0. The lowest BCUT2D eigenvalue weighted by molar-refractivity contribution is 0.0299. The molecule has 0 spiro atoms. The fraction of sp³-hybridized carbons (Fsp3) is 0.250. The van der Waals surface area contributed by atoms with Gasteiger partial charge in [0.2, 0.25) is 0 Å². The van der Waals surface area contributed by atoms with Crippen LogP contribution in [0.3, 0.4) is 0 Å². The summed E-state index contributed by atoms with van der Waals surface area (Å²) in [6.07, 6.45) is 4.21. The van der Waals surface area contributed by atoms with Crippen LogP contribution in [0.25, 0.3) is 0 Å². The summed E-state index contributed by atoms with van der Waals surface area (Å²) in [5.41, 5.74) is 0. The third kappa shape index (κ3) is 3.12. The summed E-state index contributed by atoms with van der Waals surface area (Å²) in [4.78, 5) is 3.56. The van der Waals surface area contributed by atoms with Gasteiger partial charge in [-0.1, -0.05) is 0 Å². The molecule has 0 aromatic heterocycles. The number of hydrogen-bond acceptors (Lipinski definition) is 5. The van der Waals surface area contributed by atoms with Gasteiger partial charge < -0.3 is 0 Å². The molecular weight excluding hydrogens is 172 g/mol.